The minimum Gasteiger partial charge on any atom is -0.491 e. The number of benzene rings is 1. The first-order valence-corrected chi connectivity index (χ1v) is 6.46. The van der Waals surface area contributed by atoms with Gasteiger partial charge in [0, 0.05) is 12.1 Å². The number of ether oxygens (including phenoxy) is 1. The molecule has 1 aromatic carbocycles. The second-order valence-electron chi connectivity index (χ2n) is 5.05. The quantitative estimate of drug-likeness (QED) is 0.837. The Morgan fingerprint density at radius 1 is 1.50 bits per heavy atom. The van der Waals surface area contributed by atoms with Gasteiger partial charge in [-0.15, -0.1) is 0 Å². The van der Waals surface area contributed by atoms with Gasteiger partial charge in [-0.3, -0.25) is 0 Å². The molecule has 1 saturated heterocycles. The molecular weight excluding hydrogens is 231 g/mol. The molecule has 18 heavy (non-hydrogen) atoms. The minimum absolute atomic E-state index is 0.282. The highest BCUT2D eigenvalue weighted by Gasteiger charge is 2.20. The molecule has 1 aromatic rings. The molecule has 1 unspecified atom stereocenters. The third-order valence-electron chi connectivity index (χ3n) is 3.67. The Morgan fingerprint density at radius 3 is 2.94 bits per heavy atom. The van der Waals surface area contributed by atoms with Gasteiger partial charge in [-0.25, -0.2) is 4.39 Å². The van der Waals surface area contributed by atoms with Gasteiger partial charge >= 0.3 is 0 Å². The number of nitrogens with two attached hydrogens (primary N) is 1. The molecule has 0 aromatic heterocycles. The molecule has 0 spiro atoms. The SMILES string of the molecule is Cc1cc(OCCC2CCCN2C)c(N)cc1F. The van der Waals surface area contributed by atoms with E-state index in [0.717, 1.165) is 6.42 Å². The van der Waals surface area contributed by atoms with Crippen molar-refractivity contribution in [3.8, 4) is 5.75 Å². The molecule has 4 heteroatoms. The summed E-state index contributed by atoms with van der Waals surface area (Å²) < 4.78 is 18.9. The molecule has 0 aliphatic carbocycles. The molecule has 1 aliphatic heterocycles. The van der Waals surface area contributed by atoms with Gasteiger partial charge < -0.3 is 15.4 Å². The Bertz CT molecular complexity index is 423. The van der Waals surface area contributed by atoms with E-state index in [9.17, 15) is 4.39 Å². The first kappa shape index (κ1) is 13.1. The number of anilines is 1. The zero-order chi connectivity index (χ0) is 13.1. The van der Waals surface area contributed by atoms with Crippen molar-refractivity contribution in [1.29, 1.82) is 0 Å². The van der Waals surface area contributed by atoms with Crippen molar-refractivity contribution in [3.63, 3.8) is 0 Å². The van der Waals surface area contributed by atoms with Crippen molar-refractivity contribution >= 4 is 5.69 Å². The summed E-state index contributed by atoms with van der Waals surface area (Å²) in [4.78, 5) is 2.36. The van der Waals surface area contributed by atoms with Crippen molar-refractivity contribution in [3.05, 3.63) is 23.5 Å². The van der Waals surface area contributed by atoms with Crippen LogP contribution in [0.2, 0.25) is 0 Å². The first-order chi connectivity index (χ1) is 8.58. The second kappa shape index (κ2) is 5.57. The highest BCUT2D eigenvalue weighted by Crippen LogP contribution is 2.26. The summed E-state index contributed by atoms with van der Waals surface area (Å²) in [5.74, 6) is 0.310. The maximum atomic E-state index is 13.2. The van der Waals surface area contributed by atoms with Crippen LogP contribution in [0.15, 0.2) is 12.1 Å². The zero-order valence-electron chi connectivity index (χ0n) is 11.1. The predicted octanol–water partition coefficient (Wildman–Crippen LogP) is 2.58. The standard InChI is InChI=1S/C14H21FN2O/c1-10-8-14(13(16)9-12(10)15)18-7-5-11-4-3-6-17(11)2/h8-9,11H,3-7,16H2,1-2H3. The van der Waals surface area contributed by atoms with E-state index in [4.69, 9.17) is 10.5 Å². The lowest BCUT2D eigenvalue weighted by atomic mass is 10.1. The van der Waals surface area contributed by atoms with Gasteiger partial charge in [-0.2, -0.15) is 0 Å². The third-order valence-corrected chi connectivity index (χ3v) is 3.67. The molecule has 2 N–H and O–H groups in total. The fraction of sp³-hybridized carbons (Fsp3) is 0.571. The van der Waals surface area contributed by atoms with Gasteiger partial charge in [0.25, 0.3) is 0 Å². The van der Waals surface area contributed by atoms with Crippen LogP contribution >= 0.6 is 0 Å². The summed E-state index contributed by atoms with van der Waals surface area (Å²) >= 11 is 0. The van der Waals surface area contributed by atoms with Gasteiger partial charge in [0.05, 0.1) is 12.3 Å². The van der Waals surface area contributed by atoms with Crippen molar-refractivity contribution in [1.82, 2.24) is 4.90 Å². The number of aryl methyl sites for hydroxylation is 1. The number of hydrogen-bond donors (Lipinski definition) is 1. The van der Waals surface area contributed by atoms with Crippen LogP contribution in [-0.2, 0) is 0 Å². The van der Waals surface area contributed by atoms with E-state index in [-0.39, 0.29) is 5.82 Å². The Morgan fingerprint density at radius 2 is 2.28 bits per heavy atom. The smallest absolute Gasteiger partial charge is 0.142 e. The fourth-order valence-corrected chi connectivity index (χ4v) is 2.44. The van der Waals surface area contributed by atoms with Crippen LogP contribution in [0.3, 0.4) is 0 Å². The zero-order valence-corrected chi connectivity index (χ0v) is 11.1. The fourth-order valence-electron chi connectivity index (χ4n) is 2.44. The largest absolute Gasteiger partial charge is 0.491 e. The summed E-state index contributed by atoms with van der Waals surface area (Å²) in [5.41, 5.74) is 6.68. The van der Waals surface area contributed by atoms with Gasteiger partial charge in [0.2, 0.25) is 0 Å². The van der Waals surface area contributed by atoms with Crippen molar-refractivity contribution in [2.75, 3.05) is 25.9 Å². The Hall–Kier alpha value is -1.29. The molecule has 0 radical (unpaired) electrons. The Kier molecular flexibility index (Phi) is 4.07. The summed E-state index contributed by atoms with van der Waals surface area (Å²) in [5, 5.41) is 0. The molecule has 1 atom stereocenters. The molecule has 2 rings (SSSR count). The van der Waals surface area contributed by atoms with E-state index in [0.29, 0.717) is 29.6 Å². The van der Waals surface area contributed by atoms with Gasteiger partial charge in [0.15, 0.2) is 0 Å². The molecular formula is C14H21FN2O. The predicted molar refractivity (Wildman–Crippen MR) is 71.3 cm³/mol. The topological polar surface area (TPSA) is 38.5 Å². The van der Waals surface area contributed by atoms with Gasteiger partial charge in [-0.05, 0) is 51.4 Å². The molecule has 1 fully saturated rings. The van der Waals surface area contributed by atoms with Crippen LogP contribution in [0.25, 0.3) is 0 Å². The van der Waals surface area contributed by atoms with E-state index in [1.54, 1.807) is 13.0 Å². The van der Waals surface area contributed by atoms with Gasteiger partial charge in [-0.1, -0.05) is 0 Å². The van der Waals surface area contributed by atoms with E-state index in [1.165, 1.54) is 25.5 Å². The molecule has 1 heterocycles. The molecule has 0 amide bonds. The van der Waals surface area contributed by atoms with Crippen LogP contribution in [0.5, 0.6) is 5.75 Å². The summed E-state index contributed by atoms with van der Waals surface area (Å²) in [6.07, 6.45) is 3.49. The molecule has 0 saturated carbocycles. The maximum absolute atomic E-state index is 13.2. The van der Waals surface area contributed by atoms with Crippen molar-refractivity contribution in [2.24, 2.45) is 0 Å². The Labute approximate surface area is 108 Å². The van der Waals surface area contributed by atoms with Crippen LogP contribution in [0.1, 0.15) is 24.8 Å². The monoisotopic (exact) mass is 252 g/mol. The number of likely N-dealkylation sites (tertiary alicyclic amines) is 1. The van der Waals surface area contributed by atoms with Crippen LogP contribution in [0, 0.1) is 12.7 Å². The lowest BCUT2D eigenvalue weighted by molar-refractivity contribution is 0.234. The highest BCUT2D eigenvalue weighted by atomic mass is 19.1. The molecule has 1 aliphatic rings. The number of halogens is 1. The average molecular weight is 252 g/mol. The van der Waals surface area contributed by atoms with Crippen LogP contribution in [-0.4, -0.2) is 31.1 Å². The van der Waals surface area contributed by atoms with E-state index in [1.807, 2.05) is 0 Å². The average Bonchev–Trinajstić information content (AvgIpc) is 2.72. The third kappa shape index (κ3) is 2.93. The highest BCUT2D eigenvalue weighted by molar-refractivity contribution is 5.54. The van der Waals surface area contributed by atoms with E-state index >= 15 is 0 Å². The summed E-state index contributed by atoms with van der Waals surface area (Å²) in [7, 11) is 2.15. The maximum Gasteiger partial charge on any atom is 0.142 e. The van der Waals surface area contributed by atoms with Crippen LogP contribution < -0.4 is 10.5 Å². The van der Waals surface area contributed by atoms with Crippen LogP contribution in [0.4, 0.5) is 10.1 Å². The summed E-state index contributed by atoms with van der Waals surface area (Å²) in [6.45, 7) is 3.51. The minimum atomic E-state index is -0.282. The number of rotatable bonds is 4. The Balaban J connectivity index is 1.88. The van der Waals surface area contributed by atoms with E-state index in [2.05, 4.69) is 11.9 Å². The van der Waals surface area contributed by atoms with E-state index < -0.39 is 0 Å². The summed E-state index contributed by atoms with van der Waals surface area (Å²) in [6, 6.07) is 3.60. The molecule has 3 nitrogen and oxygen atoms in total. The number of nitrogen functional groups attached to an aromatic ring is 1. The normalized spacial score (nSPS) is 20.3. The first-order valence-electron chi connectivity index (χ1n) is 6.46. The number of nitrogens with zero attached hydrogens (tertiary/aromatic N) is 1. The molecule has 0 bridgehead atoms. The lowest BCUT2D eigenvalue weighted by Crippen LogP contribution is -2.26. The number of hydrogen-bond acceptors (Lipinski definition) is 3. The van der Waals surface area contributed by atoms with Gasteiger partial charge in [0.1, 0.15) is 11.6 Å². The molecule has 100 valence electrons. The lowest BCUT2D eigenvalue weighted by Gasteiger charge is -2.19. The second-order valence-corrected chi connectivity index (χ2v) is 5.05. The van der Waals surface area contributed by atoms with Crippen molar-refractivity contribution < 1.29 is 9.13 Å². The van der Waals surface area contributed by atoms with Crippen molar-refractivity contribution in [2.45, 2.75) is 32.2 Å².